The number of aromatic amines is 1. The van der Waals surface area contributed by atoms with Gasteiger partial charge in [-0.25, -0.2) is 0 Å². The first-order chi connectivity index (χ1) is 15.9. The highest BCUT2D eigenvalue weighted by molar-refractivity contribution is 5.97. The number of benzene rings is 2. The largest absolute Gasteiger partial charge is 0.378 e. The molecule has 2 aromatic carbocycles. The summed E-state index contributed by atoms with van der Waals surface area (Å²) in [7, 11) is 8.22. The predicted octanol–water partition coefficient (Wildman–Crippen LogP) is 3.94. The van der Waals surface area contributed by atoms with E-state index in [1.54, 1.807) is 0 Å². The molecular weight excluding hydrogens is 410 g/mol. The van der Waals surface area contributed by atoms with Crippen molar-refractivity contribution in [2.24, 2.45) is 0 Å². The van der Waals surface area contributed by atoms with Crippen LogP contribution >= 0.6 is 0 Å². The van der Waals surface area contributed by atoms with Crippen LogP contribution in [-0.4, -0.2) is 62.3 Å². The van der Waals surface area contributed by atoms with Crippen LogP contribution in [0.3, 0.4) is 0 Å². The second-order valence-corrected chi connectivity index (χ2v) is 9.47. The Labute approximate surface area is 195 Å². The van der Waals surface area contributed by atoms with Crippen LogP contribution in [0, 0.1) is 0 Å². The zero-order chi connectivity index (χ0) is 23.2. The van der Waals surface area contributed by atoms with Crippen molar-refractivity contribution in [3.8, 4) is 0 Å². The summed E-state index contributed by atoms with van der Waals surface area (Å²) in [5.74, 6) is 0.0292. The van der Waals surface area contributed by atoms with Crippen molar-refractivity contribution < 1.29 is 4.79 Å². The van der Waals surface area contributed by atoms with Crippen LogP contribution in [0.15, 0.2) is 54.6 Å². The van der Waals surface area contributed by atoms with Gasteiger partial charge in [-0.2, -0.15) is 5.10 Å². The molecule has 5 rings (SSSR count). The molecular formula is C27H31N5O. The van der Waals surface area contributed by atoms with Crippen molar-refractivity contribution in [3.05, 3.63) is 82.7 Å². The lowest BCUT2D eigenvalue weighted by molar-refractivity contribution is 0.0645. The summed E-state index contributed by atoms with van der Waals surface area (Å²) in [5, 5.41) is 7.65. The van der Waals surface area contributed by atoms with Gasteiger partial charge in [-0.05, 0) is 41.8 Å². The van der Waals surface area contributed by atoms with E-state index in [1.807, 2.05) is 4.90 Å². The number of nitrogens with zero attached hydrogens (tertiary/aromatic N) is 4. The number of fused-ring (bicyclic) bond motifs is 1. The average molecular weight is 442 g/mol. The van der Waals surface area contributed by atoms with Gasteiger partial charge in [0.2, 0.25) is 0 Å². The number of nitrogens with one attached hydrogen (secondary N) is 1. The van der Waals surface area contributed by atoms with E-state index in [1.165, 1.54) is 22.5 Å². The Morgan fingerprint density at radius 2 is 1.45 bits per heavy atom. The van der Waals surface area contributed by atoms with E-state index in [0.717, 1.165) is 37.2 Å². The summed E-state index contributed by atoms with van der Waals surface area (Å²) in [6.07, 6.45) is 6.15. The van der Waals surface area contributed by atoms with Crippen LogP contribution < -0.4 is 9.80 Å². The van der Waals surface area contributed by atoms with E-state index >= 15 is 0 Å². The van der Waals surface area contributed by atoms with Gasteiger partial charge in [-0.15, -0.1) is 0 Å². The standard InChI is InChI=1S/C27H31N5O/c1-30(2)21-10-6-19(7-11-21)27(20-8-12-22(13-9-20)31(3)4)15-14-23-24(18-27)28-29-25(23)26(33)32-16-5-17-32/h6-15H,5,16-18H2,1-4H3,(H,28,29). The summed E-state index contributed by atoms with van der Waals surface area (Å²) >= 11 is 0. The molecule has 0 radical (unpaired) electrons. The average Bonchev–Trinajstić information content (AvgIpc) is 3.21. The molecule has 1 amide bonds. The summed E-state index contributed by atoms with van der Waals surface area (Å²) in [6.45, 7) is 1.65. The number of rotatable bonds is 5. The van der Waals surface area contributed by atoms with E-state index in [2.05, 4.69) is 109 Å². The lowest BCUT2D eigenvalue weighted by Gasteiger charge is -2.35. The van der Waals surface area contributed by atoms with Crippen LogP contribution in [0.2, 0.25) is 0 Å². The molecule has 1 N–H and O–H groups in total. The van der Waals surface area contributed by atoms with Crippen LogP contribution in [0.5, 0.6) is 0 Å². The second-order valence-electron chi connectivity index (χ2n) is 9.47. The van der Waals surface area contributed by atoms with Crippen molar-refractivity contribution in [2.45, 2.75) is 18.3 Å². The van der Waals surface area contributed by atoms with Crippen LogP contribution in [0.1, 0.15) is 39.3 Å². The molecule has 6 heteroatoms. The molecule has 2 heterocycles. The quantitative estimate of drug-likeness (QED) is 0.652. The summed E-state index contributed by atoms with van der Waals surface area (Å²) < 4.78 is 0. The molecule has 1 fully saturated rings. The molecule has 1 aliphatic heterocycles. The number of amides is 1. The zero-order valence-electron chi connectivity index (χ0n) is 19.8. The number of likely N-dealkylation sites (tertiary alicyclic amines) is 1. The number of H-pyrrole nitrogens is 1. The van der Waals surface area contributed by atoms with E-state index in [9.17, 15) is 4.79 Å². The van der Waals surface area contributed by atoms with Crippen molar-refractivity contribution >= 4 is 23.4 Å². The minimum atomic E-state index is -0.341. The van der Waals surface area contributed by atoms with E-state index in [4.69, 9.17) is 0 Å². The smallest absolute Gasteiger partial charge is 0.274 e. The lowest BCUT2D eigenvalue weighted by Crippen LogP contribution is -2.42. The monoisotopic (exact) mass is 441 g/mol. The van der Waals surface area contributed by atoms with Gasteiger partial charge in [-0.1, -0.05) is 36.4 Å². The van der Waals surface area contributed by atoms with Gasteiger partial charge in [0, 0.05) is 75.7 Å². The number of aromatic nitrogens is 2. The Morgan fingerprint density at radius 1 is 0.909 bits per heavy atom. The van der Waals surface area contributed by atoms with Gasteiger partial charge in [0.25, 0.3) is 5.91 Å². The fourth-order valence-electron chi connectivity index (χ4n) is 4.77. The molecule has 0 unspecified atom stereocenters. The van der Waals surface area contributed by atoms with Crippen molar-refractivity contribution in [3.63, 3.8) is 0 Å². The molecule has 0 saturated carbocycles. The maximum atomic E-state index is 12.9. The maximum Gasteiger partial charge on any atom is 0.274 e. The molecule has 33 heavy (non-hydrogen) atoms. The Kier molecular flexibility index (Phi) is 5.23. The third-order valence-corrected chi connectivity index (χ3v) is 7.02. The fourth-order valence-corrected chi connectivity index (χ4v) is 4.77. The highest BCUT2D eigenvalue weighted by Gasteiger charge is 2.38. The molecule has 0 bridgehead atoms. The molecule has 3 aromatic rings. The minimum absolute atomic E-state index is 0.0292. The van der Waals surface area contributed by atoms with Crippen molar-refractivity contribution in [1.82, 2.24) is 15.1 Å². The van der Waals surface area contributed by atoms with Crippen LogP contribution in [-0.2, 0) is 11.8 Å². The van der Waals surface area contributed by atoms with Crippen LogP contribution in [0.25, 0.3) is 6.08 Å². The Morgan fingerprint density at radius 3 is 1.91 bits per heavy atom. The Bertz CT molecular complexity index is 1130. The molecule has 1 aliphatic carbocycles. The molecule has 1 saturated heterocycles. The highest BCUT2D eigenvalue weighted by Crippen LogP contribution is 2.42. The van der Waals surface area contributed by atoms with Gasteiger partial charge >= 0.3 is 0 Å². The van der Waals surface area contributed by atoms with E-state index in [-0.39, 0.29) is 11.3 Å². The normalized spacial score (nSPS) is 16.2. The number of hydrogen-bond donors (Lipinski definition) is 1. The molecule has 6 nitrogen and oxygen atoms in total. The summed E-state index contributed by atoms with van der Waals surface area (Å²) in [6, 6.07) is 17.5. The summed E-state index contributed by atoms with van der Waals surface area (Å²) in [4.78, 5) is 19.0. The number of carbonyl (C=O) groups is 1. The third-order valence-electron chi connectivity index (χ3n) is 7.02. The zero-order valence-corrected chi connectivity index (χ0v) is 19.8. The number of carbonyl (C=O) groups excluding carboxylic acids is 1. The van der Waals surface area contributed by atoms with E-state index in [0.29, 0.717) is 5.69 Å². The first-order valence-corrected chi connectivity index (χ1v) is 11.5. The molecule has 2 aliphatic rings. The highest BCUT2D eigenvalue weighted by atomic mass is 16.2. The predicted molar refractivity (Wildman–Crippen MR) is 134 cm³/mol. The number of hydrogen-bond acceptors (Lipinski definition) is 4. The number of anilines is 2. The first-order valence-electron chi connectivity index (χ1n) is 11.5. The first kappa shape index (κ1) is 21.3. The summed E-state index contributed by atoms with van der Waals surface area (Å²) in [5.41, 5.74) is 6.91. The molecule has 170 valence electrons. The van der Waals surface area contributed by atoms with Crippen LogP contribution in [0.4, 0.5) is 11.4 Å². The minimum Gasteiger partial charge on any atom is -0.378 e. The fraction of sp³-hybridized carbons (Fsp3) is 0.333. The lowest BCUT2D eigenvalue weighted by atomic mass is 9.68. The maximum absolute atomic E-state index is 12.9. The van der Waals surface area contributed by atoms with Gasteiger partial charge in [0.15, 0.2) is 5.69 Å². The van der Waals surface area contributed by atoms with E-state index < -0.39 is 0 Å². The number of allylic oxidation sites excluding steroid dienone is 1. The molecule has 0 spiro atoms. The van der Waals surface area contributed by atoms with Gasteiger partial charge in [0.1, 0.15) is 0 Å². The van der Waals surface area contributed by atoms with Gasteiger partial charge in [-0.3, -0.25) is 9.89 Å². The van der Waals surface area contributed by atoms with Crippen molar-refractivity contribution in [1.29, 1.82) is 0 Å². The Balaban J connectivity index is 1.58. The SMILES string of the molecule is CN(C)c1ccc(C2(c3ccc(N(C)C)cc3)C=Cc3c(C(=O)N4CCC4)n[nH]c3C2)cc1. The topological polar surface area (TPSA) is 55.5 Å². The second kappa shape index (κ2) is 8.10. The Hall–Kier alpha value is -3.54. The molecule has 0 atom stereocenters. The molecule has 1 aromatic heterocycles. The van der Waals surface area contributed by atoms with Gasteiger partial charge in [0.05, 0.1) is 0 Å². The third kappa shape index (κ3) is 3.59. The van der Waals surface area contributed by atoms with Gasteiger partial charge < -0.3 is 14.7 Å². The van der Waals surface area contributed by atoms with Crippen molar-refractivity contribution in [2.75, 3.05) is 51.1 Å².